The van der Waals surface area contributed by atoms with Gasteiger partial charge < -0.3 is 4.90 Å². The molecule has 4 nitrogen and oxygen atoms in total. The zero-order valence-electron chi connectivity index (χ0n) is 7.03. The fraction of sp³-hybridized carbons (Fsp3) is 0.500. The molecule has 0 spiro atoms. The number of halogens is 1. The molecule has 0 radical (unpaired) electrons. The van der Waals surface area contributed by atoms with E-state index < -0.39 is 0 Å². The van der Waals surface area contributed by atoms with Crippen LogP contribution in [-0.4, -0.2) is 38.9 Å². The first kappa shape index (κ1) is 8.74. The average Bonchev–Trinajstić information content (AvgIpc) is 2.72. The zero-order valence-corrected chi connectivity index (χ0v) is 8.62. The summed E-state index contributed by atoms with van der Waals surface area (Å²) in [4.78, 5) is 14.0. The molecule has 0 saturated carbocycles. The minimum absolute atomic E-state index is 0.0412. The van der Waals surface area contributed by atoms with E-state index in [0.29, 0.717) is 10.5 Å². The molecule has 2 rings (SSSR count). The number of nitrogens with zero attached hydrogens (tertiary/aromatic N) is 2. The number of nitrogens with one attached hydrogen (secondary N) is 1. The first-order valence-electron chi connectivity index (χ1n) is 4.20. The average molecular weight is 244 g/mol. The number of carbonyl (C=O) groups is 1. The normalized spacial score (nSPS) is 22.2. The molecule has 1 unspecified atom stereocenters. The van der Waals surface area contributed by atoms with Crippen molar-refractivity contribution in [3.8, 4) is 0 Å². The molecule has 0 aromatic carbocycles. The lowest BCUT2D eigenvalue weighted by Crippen LogP contribution is -2.29. The molecule has 2 heterocycles. The Hall–Kier alpha value is -0.840. The third kappa shape index (κ3) is 1.75. The van der Waals surface area contributed by atoms with Gasteiger partial charge in [-0.15, -0.1) is 0 Å². The molecular formula is C8H10BrN3O. The summed E-state index contributed by atoms with van der Waals surface area (Å²) in [5.74, 6) is 0.0412. The zero-order chi connectivity index (χ0) is 9.26. The van der Waals surface area contributed by atoms with E-state index in [1.165, 1.54) is 0 Å². The van der Waals surface area contributed by atoms with Crippen LogP contribution >= 0.6 is 15.9 Å². The van der Waals surface area contributed by atoms with Crippen LogP contribution in [-0.2, 0) is 0 Å². The number of hydrogen-bond donors (Lipinski definition) is 1. The Bertz CT molecular complexity index is 298. The second-order valence-electron chi connectivity index (χ2n) is 3.11. The maximum atomic E-state index is 11.7. The second-order valence-corrected chi connectivity index (χ2v) is 4.40. The summed E-state index contributed by atoms with van der Waals surface area (Å²) in [6.45, 7) is 1.62. The lowest BCUT2D eigenvalue weighted by Gasteiger charge is -2.13. The van der Waals surface area contributed by atoms with Crippen molar-refractivity contribution >= 4 is 21.8 Å². The Kier molecular flexibility index (Phi) is 2.35. The van der Waals surface area contributed by atoms with Crippen LogP contribution in [0.25, 0.3) is 0 Å². The predicted molar refractivity (Wildman–Crippen MR) is 51.8 cm³/mol. The summed E-state index contributed by atoms with van der Waals surface area (Å²) in [5.41, 5.74) is 0.571. The molecule has 1 amide bonds. The number of alkyl halides is 1. The predicted octanol–water partition coefficient (Wildman–Crippen LogP) is 1.02. The summed E-state index contributed by atoms with van der Waals surface area (Å²) in [7, 11) is 0. The first-order chi connectivity index (χ1) is 6.27. The number of amides is 1. The van der Waals surface area contributed by atoms with E-state index in [2.05, 4.69) is 26.1 Å². The molecule has 1 N–H and O–H groups in total. The van der Waals surface area contributed by atoms with Crippen molar-refractivity contribution in [1.29, 1.82) is 0 Å². The highest BCUT2D eigenvalue weighted by Gasteiger charge is 2.25. The van der Waals surface area contributed by atoms with Crippen molar-refractivity contribution in [2.75, 3.05) is 13.1 Å². The fourth-order valence-corrected chi connectivity index (χ4v) is 2.00. The maximum Gasteiger partial charge on any atom is 0.271 e. The van der Waals surface area contributed by atoms with Crippen molar-refractivity contribution < 1.29 is 4.79 Å². The van der Waals surface area contributed by atoms with E-state index >= 15 is 0 Å². The lowest BCUT2D eigenvalue weighted by atomic mass is 10.4. The number of carbonyl (C=O) groups excluding carboxylic acids is 1. The van der Waals surface area contributed by atoms with E-state index in [9.17, 15) is 4.79 Å². The van der Waals surface area contributed by atoms with Crippen LogP contribution in [0.1, 0.15) is 16.9 Å². The van der Waals surface area contributed by atoms with Gasteiger partial charge in [0.25, 0.3) is 5.91 Å². The Morgan fingerprint density at radius 3 is 3.15 bits per heavy atom. The summed E-state index contributed by atoms with van der Waals surface area (Å²) in [6, 6.07) is 1.70. The van der Waals surface area contributed by atoms with Gasteiger partial charge in [-0.25, -0.2) is 0 Å². The van der Waals surface area contributed by atoms with E-state index in [-0.39, 0.29) is 5.91 Å². The SMILES string of the molecule is O=C(c1ccn[nH]1)N1CCC(Br)C1. The van der Waals surface area contributed by atoms with Crippen molar-refractivity contribution in [1.82, 2.24) is 15.1 Å². The molecule has 1 saturated heterocycles. The smallest absolute Gasteiger partial charge is 0.271 e. The topological polar surface area (TPSA) is 49.0 Å². The van der Waals surface area contributed by atoms with Crippen molar-refractivity contribution in [3.63, 3.8) is 0 Å². The molecular weight excluding hydrogens is 234 g/mol. The molecule has 13 heavy (non-hydrogen) atoms. The number of likely N-dealkylation sites (tertiary alicyclic amines) is 1. The van der Waals surface area contributed by atoms with Gasteiger partial charge in [0, 0.05) is 24.1 Å². The molecule has 1 aromatic rings. The van der Waals surface area contributed by atoms with Gasteiger partial charge in [0.2, 0.25) is 0 Å². The van der Waals surface area contributed by atoms with Gasteiger partial charge in [0.05, 0.1) is 0 Å². The molecule has 1 atom stereocenters. The highest BCUT2D eigenvalue weighted by atomic mass is 79.9. The summed E-state index contributed by atoms with van der Waals surface area (Å²) in [6.07, 6.45) is 2.62. The minimum Gasteiger partial charge on any atom is -0.336 e. The summed E-state index contributed by atoms with van der Waals surface area (Å²) >= 11 is 3.49. The van der Waals surface area contributed by atoms with Crippen molar-refractivity contribution in [2.24, 2.45) is 0 Å². The number of aromatic nitrogens is 2. The highest BCUT2D eigenvalue weighted by molar-refractivity contribution is 9.09. The molecule has 5 heteroatoms. The van der Waals surface area contributed by atoms with Crippen LogP contribution in [0.15, 0.2) is 12.3 Å². The largest absolute Gasteiger partial charge is 0.336 e. The number of hydrogen-bond acceptors (Lipinski definition) is 2. The monoisotopic (exact) mass is 243 g/mol. The first-order valence-corrected chi connectivity index (χ1v) is 5.11. The van der Waals surface area contributed by atoms with Gasteiger partial charge in [-0.3, -0.25) is 9.89 Å². The fourth-order valence-electron chi connectivity index (χ4n) is 1.45. The van der Waals surface area contributed by atoms with E-state index in [0.717, 1.165) is 19.5 Å². The third-order valence-corrected chi connectivity index (χ3v) is 2.90. The van der Waals surface area contributed by atoms with Gasteiger partial charge in [-0.05, 0) is 12.5 Å². The minimum atomic E-state index is 0.0412. The van der Waals surface area contributed by atoms with Crippen molar-refractivity contribution in [3.05, 3.63) is 18.0 Å². The standard InChI is InChI=1S/C8H10BrN3O/c9-6-2-4-12(5-6)8(13)7-1-3-10-11-7/h1,3,6H,2,4-5H2,(H,10,11). The van der Waals surface area contributed by atoms with Crippen LogP contribution < -0.4 is 0 Å². The molecule has 0 bridgehead atoms. The number of aromatic amines is 1. The Labute approximate surface area is 84.4 Å². The van der Waals surface area contributed by atoms with E-state index in [4.69, 9.17) is 0 Å². The molecule has 1 fully saturated rings. The third-order valence-electron chi connectivity index (χ3n) is 2.15. The van der Waals surface area contributed by atoms with Gasteiger partial charge in [0.1, 0.15) is 5.69 Å². The van der Waals surface area contributed by atoms with Crippen molar-refractivity contribution in [2.45, 2.75) is 11.2 Å². The number of H-pyrrole nitrogens is 1. The molecule has 1 aliphatic heterocycles. The molecule has 70 valence electrons. The van der Waals surface area contributed by atoms with Crippen LogP contribution in [0.5, 0.6) is 0 Å². The van der Waals surface area contributed by atoms with E-state index in [1.807, 2.05) is 4.90 Å². The maximum absolute atomic E-state index is 11.7. The van der Waals surface area contributed by atoms with Crippen LogP contribution in [0.3, 0.4) is 0 Å². The number of rotatable bonds is 1. The second kappa shape index (κ2) is 3.49. The van der Waals surface area contributed by atoms with Gasteiger partial charge in [-0.2, -0.15) is 5.10 Å². The molecule has 0 aliphatic carbocycles. The molecule has 1 aromatic heterocycles. The van der Waals surface area contributed by atoms with Gasteiger partial charge in [-0.1, -0.05) is 15.9 Å². The Morgan fingerprint density at radius 2 is 2.62 bits per heavy atom. The Balaban J connectivity index is 2.06. The Morgan fingerprint density at radius 1 is 1.77 bits per heavy atom. The van der Waals surface area contributed by atoms with Gasteiger partial charge in [0.15, 0.2) is 0 Å². The lowest BCUT2D eigenvalue weighted by molar-refractivity contribution is 0.0787. The van der Waals surface area contributed by atoms with Crippen LogP contribution in [0.4, 0.5) is 0 Å². The van der Waals surface area contributed by atoms with E-state index in [1.54, 1.807) is 12.3 Å². The quantitative estimate of drug-likeness (QED) is 0.750. The summed E-state index contributed by atoms with van der Waals surface area (Å²) in [5, 5.41) is 6.42. The molecule has 1 aliphatic rings. The van der Waals surface area contributed by atoms with Gasteiger partial charge >= 0.3 is 0 Å². The highest BCUT2D eigenvalue weighted by Crippen LogP contribution is 2.17. The summed E-state index contributed by atoms with van der Waals surface area (Å²) < 4.78 is 0. The van der Waals surface area contributed by atoms with Crippen LogP contribution in [0.2, 0.25) is 0 Å². The van der Waals surface area contributed by atoms with Crippen LogP contribution in [0, 0.1) is 0 Å².